The van der Waals surface area contributed by atoms with Gasteiger partial charge in [0, 0.05) is 0 Å². The van der Waals surface area contributed by atoms with Crippen LogP contribution in [0.3, 0.4) is 0 Å². The maximum atomic E-state index is 13.2. The van der Waals surface area contributed by atoms with E-state index >= 15 is 0 Å². The van der Waals surface area contributed by atoms with Crippen LogP contribution in [0.1, 0.15) is 26.3 Å². The van der Waals surface area contributed by atoms with E-state index in [1.54, 1.807) is 48.5 Å². The third-order valence-corrected chi connectivity index (χ3v) is 6.50. The second-order valence-electron chi connectivity index (χ2n) is 8.83. The van der Waals surface area contributed by atoms with Crippen molar-refractivity contribution in [3.05, 3.63) is 95.6 Å². The number of imide groups is 1. The maximum absolute atomic E-state index is 13.2. The van der Waals surface area contributed by atoms with Gasteiger partial charge in [-0.3, -0.25) is 14.5 Å². The Balaban J connectivity index is 1.40. The van der Waals surface area contributed by atoms with Gasteiger partial charge in [0.25, 0.3) is 11.8 Å². The summed E-state index contributed by atoms with van der Waals surface area (Å²) in [6.45, 7) is 0.222. The van der Waals surface area contributed by atoms with Gasteiger partial charge in [-0.15, -0.1) is 0 Å². The molecule has 0 saturated carbocycles. The molecule has 192 valence electrons. The van der Waals surface area contributed by atoms with Crippen molar-refractivity contribution in [3.8, 4) is 11.5 Å². The molecule has 5 atom stereocenters. The van der Waals surface area contributed by atoms with Crippen molar-refractivity contribution in [1.29, 1.82) is 0 Å². The lowest BCUT2D eigenvalue weighted by Crippen LogP contribution is -2.66. The lowest BCUT2D eigenvalue weighted by molar-refractivity contribution is -0.257. The van der Waals surface area contributed by atoms with Crippen LogP contribution in [0.15, 0.2) is 78.9 Å². The summed E-state index contributed by atoms with van der Waals surface area (Å²) in [6.07, 6.45) is -5.25. The normalized spacial score (nSPS) is 25.2. The van der Waals surface area contributed by atoms with E-state index in [4.69, 9.17) is 18.9 Å². The zero-order valence-corrected chi connectivity index (χ0v) is 20.1. The number of nitrogens with zero attached hydrogens (tertiary/aromatic N) is 1. The van der Waals surface area contributed by atoms with Crippen molar-refractivity contribution in [2.45, 2.75) is 37.3 Å². The van der Waals surface area contributed by atoms with Crippen molar-refractivity contribution in [2.24, 2.45) is 0 Å². The van der Waals surface area contributed by atoms with Crippen molar-refractivity contribution in [1.82, 2.24) is 4.90 Å². The molecule has 2 N–H and O–H groups in total. The number of carbonyl (C=O) groups is 2. The monoisotopic (exact) mass is 505 g/mol. The highest BCUT2D eigenvalue weighted by Crippen LogP contribution is 2.34. The molecule has 3 aromatic rings. The van der Waals surface area contributed by atoms with Gasteiger partial charge >= 0.3 is 0 Å². The molecule has 0 unspecified atom stereocenters. The average molecular weight is 506 g/mol. The fourth-order valence-corrected chi connectivity index (χ4v) is 4.56. The smallest absolute Gasteiger partial charge is 0.262 e. The van der Waals surface area contributed by atoms with E-state index in [-0.39, 0.29) is 24.3 Å². The Hall–Kier alpha value is -3.76. The molecule has 0 aromatic heterocycles. The van der Waals surface area contributed by atoms with Crippen LogP contribution < -0.4 is 9.47 Å². The Labute approximate surface area is 213 Å². The van der Waals surface area contributed by atoms with Gasteiger partial charge in [0.05, 0.1) is 31.5 Å². The Morgan fingerprint density at radius 1 is 0.811 bits per heavy atom. The summed E-state index contributed by atoms with van der Waals surface area (Å²) >= 11 is 0. The third kappa shape index (κ3) is 4.94. The van der Waals surface area contributed by atoms with Gasteiger partial charge in [-0.1, -0.05) is 42.5 Å². The molecule has 1 fully saturated rings. The first-order chi connectivity index (χ1) is 18.0. The van der Waals surface area contributed by atoms with E-state index in [1.165, 1.54) is 7.11 Å². The van der Waals surface area contributed by atoms with Gasteiger partial charge in [-0.2, -0.15) is 0 Å². The van der Waals surface area contributed by atoms with Gasteiger partial charge in [0.15, 0.2) is 0 Å². The van der Waals surface area contributed by atoms with Crippen LogP contribution in [-0.4, -0.2) is 71.3 Å². The number of aliphatic hydroxyl groups excluding tert-OH is 2. The fraction of sp³-hybridized carbons (Fsp3) is 0.286. The van der Waals surface area contributed by atoms with Gasteiger partial charge in [0.1, 0.15) is 35.9 Å². The van der Waals surface area contributed by atoms with Gasteiger partial charge < -0.3 is 29.2 Å². The number of hydrogen-bond donors (Lipinski definition) is 2. The van der Waals surface area contributed by atoms with E-state index in [2.05, 4.69) is 0 Å². The lowest BCUT2D eigenvalue weighted by atomic mass is 9.95. The van der Waals surface area contributed by atoms with E-state index < -0.39 is 42.5 Å². The number of ether oxygens (including phenoxy) is 4. The first kappa shape index (κ1) is 24.9. The van der Waals surface area contributed by atoms with Crippen LogP contribution >= 0.6 is 0 Å². The molecule has 2 aliphatic heterocycles. The summed E-state index contributed by atoms with van der Waals surface area (Å²) in [7, 11) is 1.54. The minimum absolute atomic E-state index is 0.0512. The van der Waals surface area contributed by atoms with Crippen LogP contribution in [-0.2, 0) is 16.1 Å². The molecule has 0 aliphatic carbocycles. The highest BCUT2D eigenvalue weighted by atomic mass is 16.7. The summed E-state index contributed by atoms with van der Waals surface area (Å²) in [5, 5.41) is 22.1. The molecule has 0 spiro atoms. The number of hydrogen-bond acceptors (Lipinski definition) is 8. The van der Waals surface area contributed by atoms with Gasteiger partial charge in [0.2, 0.25) is 6.29 Å². The predicted molar refractivity (Wildman–Crippen MR) is 131 cm³/mol. The molecule has 0 bridgehead atoms. The predicted octanol–water partition coefficient (Wildman–Crippen LogP) is 2.40. The summed E-state index contributed by atoms with van der Waals surface area (Å²) in [4.78, 5) is 27.3. The molecule has 1 saturated heterocycles. The summed E-state index contributed by atoms with van der Waals surface area (Å²) in [5.41, 5.74) is 1.36. The SMILES string of the molecule is COc1ccc(O[C@@H]2O[C@H](COCc3ccccc3)[C@@H](O)[C@H](O)[C@H]2N2C(=O)c3ccccc3C2=O)cc1. The standard InChI is InChI=1S/C28H27NO8/c1-34-18-11-13-19(14-12-18)36-28-23(29-26(32)20-9-5-6-10-21(20)27(29)33)25(31)24(30)22(37-28)16-35-15-17-7-3-2-4-8-17/h2-14,22-25,28,30-31H,15-16H2,1H3/t22-,23-,24-,25-,28-/m1/s1. The Kier molecular flexibility index (Phi) is 7.20. The molecule has 2 amide bonds. The minimum atomic E-state index is -1.55. The van der Waals surface area contributed by atoms with E-state index in [9.17, 15) is 19.8 Å². The quantitative estimate of drug-likeness (QED) is 0.449. The number of fused-ring (bicyclic) bond motifs is 1. The number of aliphatic hydroxyl groups is 2. The van der Waals surface area contributed by atoms with Crippen LogP contribution in [0.5, 0.6) is 11.5 Å². The van der Waals surface area contributed by atoms with Crippen molar-refractivity contribution in [2.75, 3.05) is 13.7 Å². The van der Waals surface area contributed by atoms with Crippen LogP contribution in [0.2, 0.25) is 0 Å². The average Bonchev–Trinajstić information content (AvgIpc) is 3.18. The Morgan fingerprint density at radius 3 is 2.03 bits per heavy atom. The first-order valence-corrected chi connectivity index (χ1v) is 11.9. The van der Waals surface area contributed by atoms with Crippen LogP contribution in [0.4, 0.5) is 0 Å². The minimum Gasteiger partial charge on any atom is -0.497 e. The van der Waals surface area contributed by atoms with Crippen LogP contribution in [0, 0.1) is 0 Å². The van der Waals surface area contributed by atoms with Gasteiger partial charge in [-0.05, 0) is 42.0 Å². The first-order valence-electron chi connectivity index (χ1n) is 11.9. The number of carbonyl (C=O) groups excluding carboxylic acids is 2. The zero-order chi connectivity index (χ0) is 25.9. The second kappa shape index (κ2) is 10.7. The molecule has 3 aromatic carbocycles. The third-order valence-electron chi connectivity index (χ3n) is 6.50. The molecule has 2 aliphatic rings. The lowest BCUT2D eigenvalue weighted by Gasteiger charge is -2.45. The molecular formula is C28H27NO8. The van der Waals surface area contributed by atoms with Crippen molar-refractivity contribution >= 4 is 11.8 Å². The molecule has 5 rings (SSSR count). The van der Waals surface area contributed by atoms with Crippen molar-refractivity contribution in [3.63, 3.8) is 0 Å². The summed E-state index contributed by atoms with van der Waals surface area (Å²) in [5.74, 6) is -0.221. The van der Waals surface area contributed by atoms with Gasteiger partial charge in [-0.25, -0.2) is 0 Å². The largest absolute Gasteiger partial charge is 0.497 e. The molecule has 9 nitrogen and oxygen atoms in total. The molecule has 2 heterocycles. The fourth-order valence-electron chi connectivity index (χ4n) is 4.56. The maximum Gasteiger partial charge on any atom is 0.262 e. The molecule has 9 heteroatoms. The molecule has 0 radical (unpaired) electrons. The molecular weight excluding hydrogens is 478 g/mol. The summed E-state index contributed by atoms with van der Waals surface area (Å²) in [6, 6.07) is 21.2. The highest BCUT2D eigenvalue weighted by Gasteiger charge is 2.54. The van der Waals surface area contributed by atoms with E-state index in [0.717, 1.165) is 10.5 Å². The van der Waals surface area contributed by atoms with E-state index in [1.807, 2.05) is 30.3 Å². The van der Waals surface area contributed by atoms with Crippen molar-refractivity contribution < 1.29 is 38.7 Å². The van der Waals surface area contributed by atoms with E-state index in [0.29, 0.717) is 11.5 Å². The Morgan fingerprint density at radius 2 is 1.41 bits per heavy atom. The topological polar surface area (TPSA) is 115 Å². The number of rotatable bonds is 8. The second-order valence-corrected chi connectivity index (χ2v) is 8.83. The van der Waals surface area contributed by atoms with Crippen LogP contribution in [0.25, 0.3) is 0 Å². The number of benzene rings is 3. The molecule has 37 heavy (non-hydrogen) atoms. The highest BCUT2D eigenvalue weighted by molar-refractivity contribution is 6.21. The number of amides is 2. The number of methoxy groups -OCH3 is 1. The Bertz CT molecular complexity index is 1210. The zero-order valence-electron chi connectivity index (χ0n) is 20.1. The summed E-state index contributed by atoms with van der Waals surface area (Å²) < 4.78 is 23.0.